The zero-order chi connectivity index (χ0) is 17.9. The summed E-state index contributed by atoms with van der Waals surface area (Å²) in [6, 6.07) is 10.1. The Labute approximate surface area is 150 Å². The average molecular weight is 346 g/mol. The van der Waals surface area contributed by atoms with Gasteiger partial charge in [0.05, 0.1) is 6.54 Å². The summed E-state index contributed by atoms with van der Waals surface area (Å²) in [6.45, 7) is 7.64. The summed E-state index contributed by atoms with van der Waals surface area (Å²) in [5.41, 5.74) is 1.36. The quantitative estimate of drug-likeness (QED) is 0.700. The van der Waals surface area contributed by atoms with Gasteiger partial charge in [-0.3, -0.25) is 15.0 Å². The molecule has 3 amide bonds. The zero-order valence-electron chi connectivity index (χ0n) is 15.2. The Balaban J connectivity index is 1.59. The highest BCUT2D eigenvalue weighted by Gasteiger charge is 2.19. The first-order valence-corrected chi connectivity index (χ1v) is 9.23. The molecule has 25 heavy (non-hydrogen) atoms. The average Bonchev–Trinajstić information content (AvgIpc) is 2.62. The van der Waals surface area contributed by atoms with Crippen molar-refractivity contribution in [3.05, 3.63) is 35.9 Å². The van der Waals surface area contributed by atoms with Crippen LogP contribution in [0.3, 0.4) is 0 Å². The van der Waals surface area contributed by atoms with Crippen LogP contribution in [-0.2, 0) is 11.2 Å². The van der Waals surface area contributed by atoms with Crippen LogP contribution in [0.2, 0.25) is 0 Å². The van der Waals surface area contributed by atoms with Crippen molar-refractivity contribution < 1.29 is 9.59 Å². The highest BCUT2D eigenvalue weighted by atomic mass is 16.2. The number of piperazine rings is 1. The number of imide groups is 1. The van der Waals surface area contributed by atoms with E-state index >= 15 is 0 Å². The molecule has 1 aliphatic rings. The number of carbonyl (C=O) groups excluding carboxylic acids is 2. The second kappa shape index (κ2) is 10.8. The van der Waals surface area contributed by atoms with Crippen LogP contribution in [-0.4, -0.2) is 67.6 Å². The van der Waals surface area contributed by atoms with Crippen molar-refractivity contribution in [1.82, 2.24) is 20.4 Å². The van der Waals surface area contributed by atoms with Crippen LogP contribution in [0.4, 0.5) is 4.79 Å². The number of amides is 3. The molecule has 2 rings (SSSR count). The van der Waals surface area contributed by atoms with E-state index in [0.717, 1.165) is 52.0 Å². The summed E-state index contributed by atoms with van der Waals surface area (Å²) < 4.78 is 0. The molecule has 1 saturated heterocycles. The maximum Gasteiger partial charge on any atom is 0.321 e. The lowest BCUT2D eigenvalue weighted by Crippen LogP contribution is -2.51. The molecule has 6 nitrogen and oxygen atoms in total. The Kier molecular flexibility index (Phi) is 8.42. The highest BCUT2D eigenvalue weighted by Crippen LogP contribution is 2.05. The first-order valence-electron chi connectivity index (χ1n) is 9.23. The van der Waals surface area contributed by atoms with Gasteiger partial charge < -0.3 is 10.2 Å². The first-order chi connectivity index (χ1) is 12.2. The molecule has 1 fully saturated rings. The van der Waals surface area contributed by atoms with Gasteiger partial charge in [0.2, 0.25) is 5.91 Å². The van der Waals surface area contributed by atoms with Gasteiger partial charge in [-0.1, -0.05) is 43.7 Å². The van der Waals surface area contributed by atoms with E-state index in [1.165, 1.54) is 5.56 Å². The normalized spacial score (nSPS) is 15.7. The summed E-state index contributed by atoms with van der Waals surface area (Å²) in [4.78, 5) is 28.0. The zero-order valence-corrected chi connectivity index (χ0v) is 15.2. The van der Waals surface area contributed by atoms with E-state index in [1.54, 1.807) is 0 Å². The molecule has 0 spiro atoms. The van der Waals surface area contributed by atoms with Crippen LogP contribution in [0.15, 0.2) is 30.3 Å². The van der Waals surface area contributed by atoms with Gasteiger partial charge >= 0.3 is 6.03 Å². The lowest BCUT2D eigenvalue weighted by atomic mass is 10.1. The predicted molar refractivity (Wildman–Crippen MR) is 99.5 cm³/mol. The Morgan fingerprint density at radius 2 is 1.72 bits per heavy atom. The van der Waals surface area contributed by atoms with Crippen LogP contribution in [0.1, 0.15) is 25.3 Å². The topological polar surface area (TPSA) is 64.7 Å². The lowest BCUT2D eigenvalue weighted by molar-refractivity contribution is -0.121. The maximum atomic E-state index is 11.9. The van der Waals surface area contributed by atoms with Crippen LogP contribution in [0, 0.1) is 0 Å². The minimum atomic E-state index is -0.389. The summed E-state index contributed by atoms with van der Waals surface area (Å²) in [6.07, 6.45) is 2.99. The number of hydrogen-bond donors (Lipinski definition) is 2. The predicted octanol–water partition coefficient (Wildman–Crippen LogP) is 1.47. The van der Waals surface area contributed by atoms with E-state index in [2.05, 4.69) is 51.6 Å². The van der Waals surface area contributed by atoms with E-state index in [1.807, 2.05) is 6.07 Å². The molecule has 1 aromatic rings. The molecule has 0 saturated carbocycles. The van der Waals surface area contributed by atoms with Crippen LogP contribution < -0.4 is 10.6 Å². The highest BCUT2D eigenvalue weighted by molar-refractivity contribution is 5.95. The van der Waals surface area contributed by atoms with Gasteiger partial charge in [-0.05, 0) is 18.4 Å². The van der Waals surface area contributed by atoms with Gasteiger partial charge in [-0.2, -0.15) is 0 Å². The van der Waals surface area contributed by atoms with E-state index in [9.17, 15) is 9.59 Å². The molecule has 1 aromatic carbocycles. The SMILES string of the molecule is CCCCNC(=O)NC(=O)CN1CCN(CCc2ccccc2)CC1. The van der Waals surface area contributed by atoms with E-state index in [4.69, 9.17) is 0 Å². The molecule has 2 N–H and O–H groups in total. The summed E-state index contributed by atoms with van der Waals surface area (Å²) >= 11 is 0. The van der Waals surface area contributed by atoms with Crippen molar-refractivity contribution in [3.8, 4) is 0 Å². The molecule has 0 aromatic heterocycles. The summed E-state index contributed by atoms with van der Waals surface area (Å²) in [5.74, 6) is -0.230. The third-order valence-electron chi connectivity index (χ3n) is 4.46. The minimum absolute atomic E-state index is 0.230. The first kappa shape index (κ1) is 19.4. The van der Waals surface area contributed by atoms with E-state index in [0.29, 0.717) is 6.54 Å². The fourth-order valence-corrected chi connectivity index (χ4v) is 2.90. The van der Waals surface area contributed by atoms with Crippen LogP contribution in [0.25, 0.3) is 0 Å². The molecule has 0 radical (unpaired) electrons. The van der Waals surface area contributed by atoms with Crippen molar-refractivity contribution in [3.63, 3.8) is 0 Å². The summed E-state index contributed by atoms with van der Waals surface area (Å²) in [5, 5.41) is 5.09. The number of hydrogen-bond acceptors (Lipinski definition) is 4. The second-order valence-corrected chi connectivity index (χ2v) is 6.51. The van der Waals surface area contributed by atoms with Crippen LogP contribution >= 0.6 is 0 Å². The molecule has 1 aliphatic heterocycles. The van der Waals surface area contributed by atoms with Gasteiger partial charge in [0.15, 0.2) is 0 Å². The fourth-order valence-electron chi connectivity index (χ4n) is 2.90. The molecule has 0 atom stereocenters. The Morgan fingerprint density at radius 3 is 2.40 bits per heavy atom. The maximum absolute atomic E-state index is 11.9. The van der Waals surface area contributed by atoms with Crippen LogP contribution in [0.5, 0.6) is 0 Å². The Bertz CT molecular complexity index is 527. The number of carbonyl (C=O) groups is 2. The van der Waals surface area contributed by atoms with E-state index in [-0.39, 0.29) is 18.5 Å². The Hall–Kier alpha value is -1.92. The van der Waals surface area contributed by atoms with Gasteiger partial charge in [0.25, 0.3) is 0 Å². The smallest absolute Gasteiger partial charge is 0.321 e. The number of nitrogens with one attached hydrogen (secondary N) is 2. The molecule has 0 aliphatic carbocycles. The van der Waals surface area contributed by atoms with Crippen molar-refractivity contribution in [2.45, 2.75) is 26.2 Å². The third kappa shape index (κ3) is 7.67. The van der Waals surface area contributed by atoms with E-state index < -0.39 is 0 Å². The van der Waals surface area contributed by atoms with Crippen molar-refractivity contribution >= 4 is 11.9 Å². The largest absolute Gasteiger partial charge is 0.338 e. The van der Waals surface area contributed by atoms with Gasteiger partial charge in [-0.25, -0.2) is 4.79 Å². The van der Waals surface area contributed by atoms with Gasteiger partial charge in [0.1, 0.15) is 0 Å². The number of rotatable bonds is 8. The molecule has 138 valence electrons. The monoisotopic (exact) mass is 346 g/mol. The lowest BCUT2D eigenvalue weighted by Gasteiger charge is -2.34. The molecular weight excluding hydrogens is 316 g/mol. The van der Waals surface area contributed by atoms with Gasteiger partial charge in [-0.15, -0.1) is 0 Å². The summed E-state index contributed by atoms with van der Waals surface area (Å²) in [7, 11) is 0. The minimum Gasteiger partial charge on any atom is -0.338 e. The fraction of sp³-hybridized carbons (Fsp3) is 0.579. The second-order valence-electron chi connectivity index (χ2n) is 6.51. The molecular formula is C19H30N4O2. The van der Waals surface area contributed by atoms with Crippen molar-refractivity contribution in [2.75, 3.05) is 45.8 Å². The van der Waals surface area contributed by atoms with Crippen molar-refractivity contribution in [2.24, 2.45) is 0 Å². The van der Waals surface area contributed by atoms with Crippen molar-refractivity contribution in [1.29, 1.82) is 0 Å². The number of unbranched alkanes of at least 4 members (excludes halogenated alkanes) is 1. The molecule has 0 bridgehead atoms. The number of nitrogens with zero attached hydrogens (tertiary/aromatic N) is 2. The molecule has 6 heteroatoms. The standard InChI is InChI=1S/C19H30N4O2/c1-2-3-10-20-19(25)21-18(24)16-23-14-12-22(13-15-23)11-9-17-7-5-4-6-8-17/h4-8H,2-3,9-16H2,1H3,(H2,20,21,24,25). The Morgan fingerprint density at radius 1 is 1.04 bits per heavy atom. The number of urea groups is 1. The third-order valence-corrected chi connectivity index (χ3v) is 4.46. The van der Waals surface area contributed by atoms with Gasteiger partial charge in [0, 0.05) is 39.3 Å². The molecule has 1 heterocycles. The number of benzene rings is 1. The molecule has 0 unspecified atom stereocenters.